The number of hydrogen-bond donors (Lipinski definition) is 2. The molecule has 0 saturated heterocycles. The highest BCUT2D eigenvalue weighted by Gasteiger charge is 2.33. The molecule has 1 amide bonds. The second kappa shape index (κ2) is 6.64. The van der Waals surface area contributed by atoms with Gasteiger partial charge in [-0.05, 0) is 39.4 Å². The van der Waals surface area contributed by atoms with Gasteiger partial charge in [0.1, 0.15) is 5.54 Å². The van der Waals surface area contributed by atoms with Gasteiger partial charge in [-0.1, -0.05) is 29.3 Å². The van der Waals surface area contributed by atoms with Crippen LogP contribution in [0.1, 0.15) is 19.4 Å². The number of benzene rings is 1. The van der Waals surface area contributed by atoms with E-state index >= 15 is 0 Å². The summed E-state index contributed by atoms with van der Waals surface area (Å²) in [5, 5.41) is 12.5. The number of likely N-dealkylation sites (N-methyl/N-ethyl adjacent to an activating group) is 1. The van der Waals surface area contributed by atoms with Crippen molar-refractivity contribution in [3.63, 3.8) is 0 Å². The Morgan fingerprint density at radius 3 is 2.43 bits per heavy atom. The van der Waals surface area contributed by atoms with Crippen LogP contribution in [0.25, 0.3) is 0 Å². The van der Waals surface area contributed by atoms with Gasteiger partial charge in [0.15, 0.2) is 0 Å². The first-order chi connectivity index (χ1) is 9.57. The topological polar surface area (TPSA) is 69.6 Å². The summed E-state index contributed by atoms with van der Waals surface area (Å²) < 4.78 is 0. The van der Waals surface area contributed by atoms with Gasteiger partial charge < -0.3 is 10.4 Å². The van der Waals surface area contributed by atoms with Crippen LogP contribution in [0.15, 0.2) is 12.1 Å². The number of nitrogens with one attached hydrogen (secondary N) is 1. The number of amides is 1. The molecule has 0 aliphatic rings. The average molecular weight is 333 g/mol. The van der Waals surface area contributed by atoms with Crippen molar-refractivity contribution in [2.45, 2.75) is 26.3 Å². The summed E-state index contributed by atoms with van der Waals surface area (Å²) in [7, 11) is 1.56. The molecule has 21 heavy (non-hydrogen) atoms. The van der Waals surface area contributed by atoms with E-state index in [9.17, 15) is 9.59 Å². The van der Waals surface area contributed by atoms with Crippen LogP contribution in [-0.4, -0.2) is 41.0 Å². The van der Waals surface area contributed by atoms with Crippen molar-refractivity contribution in [3.8, 4) is 0 Å². The molecule has 0 radical (unpaired) electrons. The molecule has 2 N–H and O–H groups in total. The number of aliphatic carboxylic acids is 1. The average Bonchev–Trinajstić information content (AvgIpc) is 2.38. The van der Waals surface area contributed by atoms with E-state index in [-0.39, 0.29) is 12.5 Å². The number of nitrogens with zero attached hydrogens (tertiary/aromatic N) is 1. The maximum absolute atomic E-state index is 12.0. The van der Waals surface area contributed by atoms with E-state index < -0.39 is 11.5 Å². The van der Waals surface area contributed by atoms with Gasteiger partial charge in [-0.25, -0.2) is 0 Å². The summed E-state index contributed by atoms with van der Waals surface area (Å²) in [5.41, 5.74) is -0.0298. The zero-order chi connectivity index (χ0) is 16.4. The van der Waals surface area contributed by atoms with E-state index in [1.165, 1.54) is 18.7 Å². The van der Waals surface area contributed by atoms with Gasteiger partial charge in [-0.3, -0.25) is 14.5 Å². The number of carbonyl (C=O) groups is 2. The number of halogens is 2. The molecule has 0 unspecified atom stereocenters. The summed E-state index contributed by atoms with van der Waals surface area (Å²) in [6.45, 7) is 4.75. The first kappa shape index (κ1) is 17.8. The molecule has 0 aliphatic heterocycles. The Balaban J connectivity index is 2.85. The molecule has 0 atom stereocenters. The molecule has 116 valence electrons. The Morgan fingerprint density at radius 2 is 1.90 bits per heavy atom. The first-order valence-corrected chi connectivity index (χ1v) is 7.02. The summed E-state index contributed by atoms with van der Waals surface area (Å²) in [6.07, 6.45) is 0. The molecule has 1 aromatic rings. The van der Waals surface area contributed by atoms with Crippen LogP contribution in [0.5, 0.6) is 0 Å². The zero-order valence-electron chi connectivity index (χ0n) is 12.3. The fourth-order valence-electron chi connectivity index (χ4n) is 1.53. The molecule has 1 aromatic carbocycles. The molecule has 7 heteroatoms. The number of carboxylic acid groups (broad SMARTS) is 1. The maximum atomic E-state index is 12.0. The predicted molar refractivity (Wildman–Crippen MR) is 84.2 cm³/mol. The highest BCUT2D eigenvalue weighted by Crippen LogP contribution is 2.32. The van der Waals surface area contributed by atoms with Gasteiger partial charge in [0.25, 0.3) is 0 Å². The Bertz CT molecular complexity index is 574. The minimum Gasteiger partial charge on any atom is -0.480 e. The minimum absolute atomic E-state index is 0.0973. The molecule has 0 bridgehead atoms. The van der Waals surface area contributed by atoms with Gasteiger partial charge in [-0.15, -0.1) is 0 Å². The summed E-state index contributed by atoms with van der Waals surface area (Å²) in [5.74, 6) is -1.40. The van der Waals surface area contributed by atoms with Gasteiger partial charge >= 0.3 is 5.97 Å². The van der Waals surface area contributed by atoms with Crippen LogP contribution in [0.4, 0.5) is 5.69 Å². The monoisotopic (exact) mass is 332 g/mol. The fraction of sp³-hybridized carbons (Fsp3) is 0.429. The van der Waals surface area contributed by atoms with Crippen LogP contribution < -0.4 is 5.32 Å². The van der Waals surface area contributed by atoms with Crippen molar-refractivity contribution in [2.75, 3.05) is 18.9 Å². The van der Waals surface area contributed by atoms with Crippen molar-refractivity contribution in [1.29, 1.82) is 0 Å². The van der Waals surface area contributed by atoms with E-state index in [0.717, 1.165) is 5.56 Å². The number of rotatable bonds is 5. The lowest BCUT2D eigenvalue weighted by molar-refractivity contribution is -0.148. The van der Waals surface area contributed by atoms with E-state index in [4.69, 9.17) is 28.3 Å². The lowest BCUT2D eigenvalue weighted by Crippen LogP contribution is -2.50. The van der Waals surface area contributed by atoms with Gasteiger partial charge in [0.05, 0.1) is 22.3 Å². The second-order valence-corrected chi connectivity index (χ2v) is 6.11. The molecular formula is C14H18Cl2N2O3. The van der Waals surface area contributed by atoms with Crippen LogP contribution in [0, 0.1) is 6.92 Å². The van der Waals surface area contributed by atoms with Gasteiger partial charge in [0, 0.05) is 0 Å². The Labute approximate surface area is 133 Å². The van der Waals surface area contributed by atoms with Gasteiger partial charge in [0.2, 0.25) is 5.91 Å². The molecule has 0 fully saturated rings. The molecule has 0 saturated carbocycles. The van der Waals surface area contributed by atoms with E-state index in [1.807, 2.05) is 0 Å². The van der Waals surface area contributed by atoms with E-state index in [1.54, 1.807) is 26.1 Å². The third-order valence-electron chi connectivity index (χ3n) is 3.41. The van der Waals surface area contributed by atoms with Crippen molar-refractivity contribution in [2.24, 2.45) is 0 Å². The third-order valence-corrected chi connectivity index (χ3v) is 4.21. The van der Waals surface area contributed by atoms with Crippen molar-refractivity contribution < 1.29 is 14.7 Å². The summed E-state index contributed by atoms with van der Waals surface area (Å²) in [4.78, 5) is 24.6. The number of anilines is 1. The maximum Gasteiger partial charge on any atom is 0.323 e. The second-order valence-electron chi connectivity index (χ2n) is 5.32. The summed E-state index contributed by atoms with van der Waals surface area (Å²) in [6, 6.07) is 3.39. The first-order valence-electron chi connectivity index (χ1n) is 6.26. The number of aryl methyl sites for hydroxylation is 1. The standard InChI is InChI=1S/C14H18Cl2N2O3/c1-8-5-6-9(15)12(11(8)16)17-10(19)7-18(4)14(2,3)13(20)21/h5-6H,7H2,1-4H3,(H,17,19)(H,20,21). The smallest absolute Gasteiger partial charge is 0.323 e. The lowest BCUT2D eigenvalue weighted by atomic mass is 10.0. The zero-order valence-corrected chi connectivity index (χ0v) is 13.8. The molecular weight excluding hydrogens is 315 g/mol. The largest absolute Gasteiger partial charge is 0.480 e. The molecule has 0 heterocycles. The Kier molecular flexibility index (Phi) is 5.61. The predicted octanol–water partition coefficient (Wildman–Crippen LogP) is 3.04. The van der Waals surface area contributed by atoms with Crippen LogP contribution >= 0.6 is 23.2 Å². The Morgan fingerprint density at radius 1 is 1.33 bits per heavy atom. The molecule has 0 aromatic heterocycles. The molecule has 0 spiro atoms. The van der Waals surface area contributed by atoms with Crippen LogP contribution in [0.3, 0.4) is 0 Å². The lowest BCUT2D eigenvalue weighted by Gasteiger charge is -2.30. The normalized spacial score (nSPS) is 11.6. The number of hydrogen-bond acceptors (Lipinski definition) is 3. The van der Waals surface area contributed by atoms with Crippen LogP contribution in [-0.2, 0) is 9.59 Å². The fourth-order valence-corrected chi connectivity index (χ4v) is 1.99. The highest BCUT2D eigenvalue weighted by molar-refractivity contribution is 6.40. The molecule has 1 rings (SSSR count). The van der Waals surface area contributed by atoms with Crippen molar-refractivity contribution in [1.82, 2.24) is 4.90 Å². The molecule has 5 nitrogen and oxygen atoms in total. The van der Waals surface area contributed by atoms with E-state index in [2.05, 4.69) is 5.32 Å². The molecule has 0 aliphatic carbocycles. The quantitative estimate of drug-likeness (QED) is 0.869. The SMILES string of the molecule is Cc1ccc(Cl)c(NC(=O)CN(C)C(C)(C)C(=O)O)c1Cl. The van der Waals surface area contributed by atoms with Crippen molar-refractivity contribution in [3.05, 3.63) is 27.7 Å². The van der Waals surface area contributed by atoms with Crippen LogP contribution in [0.2, 0.25) is 10.0 Å². The minimum atomic E-state index is -1.16. The van der Waals surface area contributed by atoms with Crippen molar-refractivity contribution >= 4 is 40.8 Å². The highest BCUT2D eigenvalue weighted by atomic mass is 35.5. The number of carbonyl (C=O) groups excluding carboxylic acids is 1. The number of carboxylic acids is 1. The van der Waals surface area contributed by atoms with E-state index in [0.29, 0.717) is 15.7 Å². The third kappa shape index (κ3) is 4.09. The Hall–Kier alpha value is -1.30. The summed E-state index contributed by atoms with van der Waals surface area (Å²) >= 11 is 12.1. The van der Waals surface area contributed by atoms with Gasteiger partial charge in [-0.2, -0.15) is 0 Å².